The summed E-state index contributed by atoms with van der Waals surface area (Å²) < 4.78 is 21.6. The normalized spacial score (nSPS) is 29.0. The number of unbranched alkanes of at least 4 members (excludes halogenated alkanes) is 5. The van der Waals surface area contributed by atoms with Gasteiger partial charge in [-0.1, -0.05) is 25.7 Å². The molecule has 2 saturated heterocycles. The van der Waals surface area contributed by atoms with Crippen LogP contribution in [0.3, 0.4) is 0 Å². The minimum absolute atomic E-state index is 0.0205. The zero-order valence-electron chi connectivity index (χ0n) is 30.5. The molecule has 0 spiro atoms. The Labute approximate surface area is 304 Å². The highest BCUT2D eigenvalue weighted by Gasteiger charge is 2.43. The largest absolute Gasteiger partial charge is 0.388 e. The fourth-order valence-electron chi connectivity index (χ4n) is 5.61. The first-order valence-corrected chi connectivity index (χ1v) is 18.2. The number of nitrogens with one attached hydrogen (secondary N) is 4. The van der Waals surface area contributed by atoms with Crippen molar-refractivity contribution in [2.75, 3.05) is 59.0 Å². The van der Waals surface area contributed by atoms with E-state index in [1.807, 2.05) is 6.92 Å². The molecule has 0 saturated carbocycles. The van der Waals surface area contributed by atoms with Crippen molar-refractivity contribution in [2.24, 2.45) is 0 Å². The molecule has 2 aliphatic rings. The van der Waals surface area contributed by atoms with Crippen molar-refractivity contribution in [2.45, 2.75) is 127 Å². The SMILES string of the molecule is CCNC(=O)CCCCCCCCNC(=O)CN(CC(=O)NCCO[C@@H]1O[C@@H](C)[C@@H](O)[C@@H](O)[C@@H]1O)CC(=O)NCCO[C@@H]1O[C@@H](C)[C@@H](O)[C@@H](O)[C@@H]1O. The maximum atomic E-state index is 12.8. The summed E-state index contributed by atoms with van der Waals surface area (Å²) in [5.41, 5.74) is 0. The third kappa shape index (κ3) is 16.6. The molecule has 2 fully saturated rings. The number of aliphatic hydroxyl groups excluding tert-OH is 6. The molecule has 19 nitrogen and oxygen atoms in total. The van der Waals surface area contributed by atoms with Gasteiger partial charge in [0.15, 0.2) is 12.6 Å². The van der Waals surface area contributed by atoms with E-state index in [4.69, 9.17) is 18.9 Å². The molecule has 2 aliphatic heterocycles. The van der Waals surface area contributed by atoms with Gasteiger partial charge in [-0.2, -0.15) is 0 Å². The molecule has 10 atom stereocenters. The summed E-state index contributed by atoms with van der Waals surface area (Å²) in [5.74, 6) is -1.37. The quantitative estimate of drug-likeness (QED) is 0.0424. The molecular formula is C33H61N5O14. The zero-order chi connectivity index (χ0) is 38.6. The smallest absolute Gasteiger partial charge is 0.234 e. The lowest BCUT2D eigenvalue weighted by atomic mass is 10.0. The first-order valence-electron chi connectivity index (χ1n) is 18.2. The lowest BCUT2D eigenvalue weighted by molar-refractivity contribution is -0.292. The van der Waals surface area contributed by atoms with E-state index in [9.17, 15) is 49.8 Å². The Balaban J connectivity index is 1.78. The number of nitrogens with zero attached hydrogens (tertiary/aromatic N) is 1. The van der Waals surface area contributed by atoms with Crippen molar-refractivity contribution in [3.05, 3.63) is 0 Å². The Bertz CT molecular complexity index is 1020. The molecule has 2 rings (SSSR count). The molecule has 0 aromatic heterocycles. The van der Waals surface area contributed by atoms with Crippen LogP contribution >= 0.6 is 0 Å². The molecule has 19 heteroatoms. The lowest BCUT2D eigenvalue weighted by Crippen LogP contribution is -2.57. The molecule has 0 unspecified atom stereocenters. The summed E-state index contributed by atoms with van der Waals surface area (Å²) in [7, 11) is 0. The van der Waals surface area contributed by atoms with Crippen molar-refractivity contribution < 1.29 is 68.8 Å². The second kappa shape index (κ2) is 24.7. The number of hydrogen-bond donors (Lipinski definition) is 10. The van der Waals surface area contributed by atoms with Gasteiger partial charge in [0, 0.05) is 32.6 Å². The van der Waals surface area contributed by atoms with Crippen molar-refractivity contribution in [1.29, 1.82) is 0 Å². The van der Waals surface area contributed by atoms with E-state index in [-0.39, 0.29) is 57.8 Å². The minimum atomic E-state index is -1.49. The van der Waals surface area contributed by atoms with Crippen molar-refractivity contribution in [3.8, 4) is 0 Å². The Kier molecular flexibility index (Phi) is 21.7. The number of carbonyl (C=O) groups excluding carboxylic acids is 4. The van der Waals surface area contributed by atoms with Gasteiger partial charge in [-0.25, -0.2) is 0 Å². The number of aliphatic hydroxyl groups is 6. The van der Waals surface area contributed by atoms with Crippen molar-refractivity contribution >= 4 is 23.6 Å². The number of hydrogen-bond acceptors (Lipinski definition) is 15. The summed E-state index contributed by atoms with van der Waals surface area (Å²) in [6.45, 7) is 4.80. The van der Waals surface area contributed by atoms with Gasteiger partial charge in [0.25, 0.3) is 0 Å². The van der Waals surface area contributed by atoms with Crippen LogP contribution in [0.5, 0.6) is 0 Å². The molecule has 52 heavy (non-hydrogen) atoms. The minimum Gasteiger partial charge on any atom is -0.388 e. The second-order valence-electron chi connectivity index (χ2n) is 13.1. The Morgan fingerprint density at radius 1 is 0.538 bits per heavy atom. The molecular weight excluding hydrogens is 690 g/mol. The van der Waals surface area contributed by atoms with Crippen LogP contribution in [0, 0.1) is 0 Å². The number of amides is 4. The highest BCUT2D eigenvalue weighted by atomic mass is 16.7. The van der Waals surface area contributed by atoms with Crippen LogP contribution in [-0.4, -0.2) is 180 Å². The summed E-state index contributed by atoms with van der Waals surface area (Å²) in [6, 6.07) is 0. The molecule has 2 heterocycles. The van der Waals surface area contributed by atoms with Gasteiger partial charge in [0.05, 0.1) is 45.1 Å². The molecule has 0 radical (unpaired) electrons. The van der Waals surface area contributed by atoms with E-state index < -0.39 is 73.2 Å². The topological polar surface area (TPSA) is 278 Å². The second-order valence-corrected chi connectivity index (χ2v) is 13.1. The van der Waals surface area contributed by atoms with Crippen LogP contribution in [0.4, 0.5) is 0 Å². The molecule has 4 amide bonds. The van der Waals surface area contributed by atoms with E-state index in [0.717, 1.165) is 38.5 Å². The zero-order valence-corrected chi connectivity index (χ0v) is 30.5. The first kappa shape index (κ1) is 45.6. The van der Waals surface area contributed by atoms with Gasteiger partial charge >= 0.3 is 0 Å². The van der Waals surface area contributed by atoms with E-state index in [1.54, 1.807) is 0 Å². The average Bonchev–Trinajstić information content (AvgIpc) is 3.10. The van der Waals surface area contributed by atoms with E-state index >= 15 is 0 Å². The third-order valence-electron chi connectivity index (χ3n) is 8.66. The molecule has 302 valence electrons. The van der Waals surface area contributed by atoms with E-state index in [1.165, 1.54) is 18.7 Å². The maximum Gasteiger partial charge on any atom is 0.234 e. The Morgan fingerprint density at radius 3 is 1.38 bits per heavy atom. The van der Waals surface area contributed by atoms with E-state index in [2.05, 4.69) is 21.3 Å². The Hall–Kier alpha value is -2.56. The fraction of sp³-hybridized carbons (Fsp3) is 0.879. The number of ether oxygens (including phenoxy) is 4. The summed E-state index contributed by atoms with van der Waals surface area (Å²) >= 11 is 0. The Morgan fingerprint density at radius 2 is 0.942 bits per heavy atom. The summed E-state index contributed by atoms with van der Waals surface area (Å²) in [4.78, 5) is 51.1. The van der Waals surface area contributed by atoms with Crippen LogP contribution in [0.1, 0.15) is 65.7 Å². The highest BCUT2D eigenvalue weighted by Crippen LogP contribution is 2.22. The van der Waals surface area contributed by atoms with Crippen LogP contribution in [0.15, 0.2) is 0 Å². The monoisotopic (exact) mass is 751 g/mol. The van der Waals surface area contributed by atoms with Crippen LogP contribution in [0.2, 0.25) is 0 Å². The van der Waals surface area contributed by atoms with Crippen molar-refractivity contribution in [3.63, 3.8) is 0 Å². The van der Waals surface area contributed by atoms with Crippen LogP contribution < -0.4 is 21.3 Å². The van der Waals surface area contributed by atoms with E-state index in [0.29, 0.717) is 19.5 Å². The predicted octanol–water partition coefficient (Wildman–Crippen LogP) is -3.81. The lowest BCUT2D eigenvalue weighted by Gasteiger charge is -2.38. The maximum absolute atomic E-state index is 12.8. The third-order valence-corrected chi connectivity index (χ3v) is 8.66. The van der Waals surface area contributed by atoms with Gasteiger partial charge in [-0.15, -0.1) is 0 Å². The number of carbonyl (C=O) groups is 4. The molecule has 0 aromatic carbocycles. The predicted molar refractivity (Wildman–Crippen MR) is 183 cm³/mol. The summed E-state index contributed by atoms with van der Waals surface area (Å²) in [6.07, 6.45) is -6.60. The van der Waals surface area contributed by atoms with Gasteiger partial charge in [-0.3, -0.25) is 24.1 Å². The molecule has 0 aliphatic carbocycles. The highest BCUT2D eigenvalue weighted by molar-refractivity contribution is 5.84. The van der Waals surface area contributed by atoms with Gasteiger partial charge in [-0.05, 0) is 33.6 Å². The van der Waals surface area contributed by atoms with Crippen LogP contribution in [0.25, 0.3) is 0 Å². The van der Waals surface area contributed by atoms with Gasteiger partial charge < -0.3 is 70.9 Å². The molecule has 10 N–H and O–H groups in total. The average molecular weight is 752 g/mol. The first-order chi connectivity index (χ1) is 24.7. The molecule has 0 bridgehead atoms. The van der Waals surface area contributed by atoms with Gasteiger partial charge in [0.2, 0.25) is 23.6 Å². The van der Waals surface area contributed by atoms with Crippen LogP contribution in [-0.2, 0) is 38.1 Å². The molecule has 0 aromatic rings. The van der Waals surface area contributed by atoms with Crippen molar-refractivity contribution in [1.82, 2.24) is 26.2 Å². The van der Waals surface area contributed by atoms with Gasteiger partial charge in [0.1, 0.15) is 36.6 Å². The summed E-state index contributed by atoms with van der Waals surface area (Å²) in [5, 5.41) is 70.5. The fourth-order valence-corrected chi connectivity index (χ4v) is 5.61. The standard InChI is InChI=1S/C33H61N5O14/c1-4-34-22(39)11-9-7-5-6-8-10-12-35-23(40)17-38(18-24(41)36-13-15-49-32-30(47)28(45)26(43)20(2)51-32)19-25(42)37-14-16-50-33-31(48)29(46)27(44)21(3)52-33/h20-21,26-33,43-48H,4-19H2,1-3H3,(H,34,39)(H,35,40)(H,36,41)(H,37,42)/t20-,21-,26+,27+,28+,29+,30-,31-,32+,33+/m0/s1. The number of rotatable bonds is 24.